The maximum absolute atomic E-state index is 4.78. The van der Waals surface area contributed by atoms with Gasteiger partial charge < -0.3 is 6.42 Å². The van der Waals surface area contributed by atoms with E-state index in [9.17, 15) is 0 Å². The van der Waals surface area contributed by atoms with Gasteiger partial charge in [0.05, 0.1) is 5.69 Å². The van der Waals surface area contributed by atoms with Crippen LogP contribution in [0, 0.1) is 59.3 Å². The van der Waals surface area contributed by atoms with E-state index in [2.05, 4.69) is 30.5 Å². The molecule has 2 rings (SSSR count). The summed E-state index contributed by atoms with van der Waals surface area (Å²) in [6.45, 7) is 8.27. The van der Waals surface area contributed by atoms with Gasteiger partial charge in [0, 0.05) is 65.2 Å². The molecule has 0 aromatic heterocycles. The Morgan fingerprint density at radius 3 is 2.45 bits per heavy atom. The van der Waals surface area contributed by atoms with E-state index in [0.717, 1.165) is 29.8 Å². The molecule has 0 amide bonds. The molecule has 118 valence electrons. The predicted molar refractivity (Wildman–Crippen MR) is 85.7 cm³/mol. The van der Waals surface area contributed by atoms with Crippen LogP contribution in [0.1, 0.15) is 46.1 Å². The Morgan fingerprint density at radius 2 is 1.90 bits per heavy atom. The van der Waals surface area contributed by atoms with Gasteiger partial charge in [0.15, 0.2) is 0 Å². The molecule has 1 aromatic rings. The number of benzene rings is 1. The minimum atomic E-state index is 0. The Bertz CT molecular complexity index is 464. The van der Waals surface area contributed by atoms with Crippen molar-refractivity contribution < 1.29 is 46.9 Å². The van der Waals surface area contributed by atoms with Gasteiger partial charge in [0.25, 0.3) is 0 Å². The molecule has 1 aromatic carbocycles. The summed E-state index contributed by atoms with van der Waals surface area (Å²) in [5.41, 5.74) is 4.52. The Balaban J connectivity index is 0.00000115. The summed E-state index contributed by atoms with van der Waals surface area (Å²) in [7, 11) is 1.82. The average Bonchev–Trinajstić information content (AvgIpc) is 2.86. The number of aliphatic imine (C=N–C) groups is 2. The maximum Gasteiger partial charge on any atom is 0.0718 e. The van der Waals surface area contributed by atoms with Crippen molar-refractivity contribution in [2.75, 3.05) is 7.05 Å². The molecule has 0 heterocycles. The summed E-state index contributed by atoms with van der Waals surface area (Å²) in [6.07, 6.45) is 4.46. The smallest absolute Gasteiger partial charge is 0.0718 e. The van der Waals surface area contributed by atoms with Gasteiger partial charge in [-0.1, -0.05) is 39.0 Å². The normalized spacial score (nSPS) is 20.1. The van der Waals surface area contributed by atoms with Gasteiger partial charge in [-0.3, -0.25) is 9.98 Å². The van der Waals surface area contributed by atoms with Crippen LogP contribution in [-0.4, -0.2) is 18.5 Å². The first-order valence-electron chi connectivity index (χ1n) is 7.13. The molecule has 1 aliphatic rings. The third-order valence-electron chi connectivity index (χ3n) is 3.22. The first kappa shape index (κ1) is 20.1. The van der Waals surface area contributed by atoms with Crippen LogP contribution in [0.25, 0.3) is 0 Å². The summed E-state index contributed by atoms with van der Waals surface area (Å²) in [6, 6.07) is 8.23. The largest absolute Gasteiger partial charge is 0.320 e. The molecule has 1 saturated carbocycles. The second-order valence-corrected chi connectivity index (χ2v) is 4.63. The van der Waals surface area contributed by atoms with Crippen LogP contribution in [0.2, 0.25) is 0 Å². The zero-order chi connectivity index (χ0) is 14.3. The molecule has 0 radical (unpaired) electrons. The van der Waals surface area contributed by atoms with Crippen molar-refractivity contribution in [2.24, 2.45) is 15.9 Å². The first-order chi connectivity index (χ1) is 9.20. The number of rotatable bonds is 2. The molecule has 20 heavy (non-hydrogen) atoms. The van der Waals surface area contributed by atoms with Gasteiger partial charge in [0.1, 0.15) is 0 Å². The number of hydrogen-bond acceptors (Lipinski definition) is 2. The van der Waals surface area contributed by atoms with Crippen molar-refractivity contribution in [2.45, 2.75) is 40.5 Å². The number of para-hydroxylation sites is 1. The Labute approximate surface area is 162 Å². The van der Waals surface area contributed by atoms with E-state index in [0.29, 0.717) is 5.92 Å². The summed E-state index contributed by atoms with van der Waals surface area (Å²) < 4.78 is 0. The van der Waals surface area contributed by atoms with E-state index in [1.165, 1.54) is 5.71 Å². The summed E-state index contributed by atoms with van der Waals surface area (Å²) >= 11 is 0. The van der Waals surface area contributed by atoms with Crippen LogP contribution in [0.3, 0.4) is 0 Å². The summed E-state index contributed by atoms with van der Waals surface area (Å²) in [5, 5.41) is 0. The minimum Gasteiger partial charge on any atom is -0.320 e. The molecule has 1 atom stereocenters. The van der Waals surface area contributed by atoms with Gasteiger partial charge in [-0.05, 0) is 25.1 Å². The van der Waals surface area contributed by atoms with Crippen LogP contribution in [-0.2, 0) is 0 Å². The van der Waals surface area contributed by atoms with E-state index >= 15 is 0 Å². The van der Waals surface area contributed by atoms with E-state index in [4.69, 9.17) is 4.99 Å². The Hall–Kier alpha value is 0.0795. The van der Waals surface area contributed by atoms with Gasteiger partial charge in [-0.25, -0.2) is 0 Å². The summed E-state index contributed by atoms with van der Waals surface area (Å²) in [4.78, 5) is 9.03. The molecule has 0 bridgehead atoms. The van der Waals surface area contributed by atoms with E-state index < -0.39 is 0 Å². The molecule has 0 N–H and O–H groups in total. The van der Waals surface area contributed by atoms with Crippen molar-refractivity contribution in [3.05, 3.63) is 36.2 Å². The van der Waals surface area contributed by atoms with Crippen LogP contribution in [0.5, 0.6) is 0 Å². The van der Waals surface area contributed by atoms with Crippen molar-refractivity contribution in [1.29, 1.82) is 0 Å². The van der Waals surface area contributed by atoms with Gasteiger partial charge in [-0.2, -0.15) is 5.92 Å². The van der Waals surface area contributed by atoms with E-state index in [1.54, 1.807) is 0 Å². The first-order valence-corrected chi connectivity index (χ1v) is 7.13. The Kier molecular flexibility index (Phi) is 10.8. The van der Waals surface area contributed by atoms with Gasteiger partial charge >= 0.3 is 0 Å². The predicted octanol–water partition coefficient (Wildman–Crippen LogP) is 4.86. The SMILES string of the molecule is CC.CN=C(C)c1ccccc1N=C1C[CH-]C(C)C1.[Yb]. The topological polar surface area (TPSA) is 24.7 Å². The molecule has 0 saturated heterocycles. The number of nitrogens with zero attached hydrogens (tertiary/aromatic N) is 2. The molecule has 1 aliphatic carbocycles. The molecule has 3 heteroatoms. The van der Waals surface area contributed by atoms with Crippen molar-refractivity contribution in [3.8, 4) is 0 Å². The van der Waals surface area contributed by atoms with Gasteiger partial charge in [-0.15, -0.1) is 6.42 Å². The number of hydrogen-bond donors (Lipinski definition) is 0. The van der Waals surface area contributed by atoms with E-state index in [-0.39, 0.29) is 46.9 Å². The quantitative estimate of drug-likeness (QED) is 0.473. The van der Waals surface area contributed by atoms with E-state index in [1.807, 2.05) is 40.0 Å². The minimum absolute atomic E-state index is 0. The Morgan fingerprint density at radius 1 is 1.25 bits per heavy atom. The molecular weight excluding hydrogens is 405 g/mol. The van der Waals surface area contributed by atoms with Crippen LogP contribution in [0.15, 0.2) is 34.3 Å². The van der Waals surface area contributed by atoms with Crippen LogP contribution >= 0.6 is 0 Å². The molecule has 1 fully saturated rings. The van der Waals surface area contributed by atoms with Crippen molar-refractivity contribution >= 4 is 17.1 Å². The van der Waals surface area contributed by atoms with Gasteiger partial charge in [0.2, 0.25) is 0 Å². The zero-order valence-electron chi connectivity index (χ0n) is 13.0. The van der Waals surface area contributed by atoms with Crippen molar-refractivity contribution in [3.63, 3.8) is 0 Å². The molecular formula is C17H25N2Yb-. The molecule has 0 aliphatic heterocycles. The second kappa shape index (κ2) is 10.8. The fraction of sp³-hybridized carbons (Fsp3) is 0.471. The van der Waals surface area contributed by atoms with Crippen molar-refractivity contribution in [1.82, 2.24) is 0 Å². The third kappa shape index (κ3) is 5.83. The summed E-state index contributed by atoms with van der Waals surface area (Å²) in [5.74, 6) is 0.668. The zero-order valence-corrected chi connectivity index (χ0v) is 14.8. The fourth-order valence-corrected chi connectivity index (χ4v) is 2.13. The maximum atomic E-state index is 4.78. The monoisotopic (exact) mass is 431 g/mol. The average molecular weight is 430 g/mol. The molecule has 0 spiro atoms. The standard InChI is InChI=1S/C15H19N2.C2H6.Yb/c1-11-8-9-13(10-11)17-15-7-5-4-6-14(15)12(2)16-3;1-2;/h4-8,11H,9-10H2,1-3H3;1-2H3;/q-1;;. The molecule has 1 unspecified atom stereocenters. The molecule has 2 nitrogen and oxygen atoms in total. The second-order valence-electron chi connectivity index (χ2n) is 4.63. The van der Waals surface area contributed by atoms with Crippen LogP contribution < -0.4 is 0 Å². The fourth-order valence-electron chi connectivity index (χ4n) is 2.13. The third-order valence-corrected chi connectivity index (χ3v) is 3.22. The van der Waals surface area contributed by atoms with Crippen LogP contribution in [0.4, 0.5) is 5.69 Å².